The normalized spacial score (nSPS) is 12.4. The van der Waals surface area contributed by atoms with Crippen LogP contribution in [0.3, 0.4) is 0 Å². The Morgan fingerprint density at radius 3 is 2.95 bits per heavy atom. The van der Waals surface area contributed by atoms with Gasteiger partial charge in [0.1, 0.15) is 5.01 Å². The van der Waals surface area contributed by atoms with E-state index in [1.807, 2.05) is 31.2 Å². The van der Waals surface area contributed by atoms with Crippen molar-refractivity contribution in [2.45, 2.75) is 32.8 Å². The molecule has 1 heterocycles. The van der Waals surface area contributed by atoms with Gasteiger partial charge in [0, 0.05) is 13.0 Å². The summed E-state index contributed by atoms with van der Waals surface area (Å²) >= 11 is 1.55. The molecule has 102 valence electrons. The molecule has 0 saturated carbocycles. The van der Waals surface area contributed by atoms with Gasteiger partial charge in [-0.15, -0.1) is 10.2 Å². The topological polar surface area (TPSA) is 58.0 Å². The van der Waals surface area contributed by atoms with E-state index in [1.54, 1.807) is 11.3 Å². The molecule has 0 amide bonds. The molecular formula is C14H19N3OS. The second kappa shape index (κ2) is 6.63. The standard InChI is InChI=1S/C14H19N3OS/c1-3-5-13-16-17-14(19-13)15-9-12(18)11-7-4-6-10(2)8-11/h4,6-8,12,18H,3,5,9H2,1-2H3,(H,15,17). The minimum Gasteiger partial charge on any atom is -0.387 e. The van der Waals surface area contributed by atoms with Crippen LogP contribution in [0.15, 0.2) is 24.3 Å². The first-order valence-electron chi connectivity index (χ1n) is 6.50. The summed E-state index contributed by atoms with van der Waals surface area (Å²) in [5.74, 6) is 0. The smallest absolute Gasteiger partial charge is 0.205 e. The number of nitrogens with zero attached hydrogens (tertiary/aromatic N) is 2. The molecule has 2 aromatic rings. The molecule has 2 N–H and O–H groups in total. The van der Waals surface area contributed by atoms with Gasteiger partial charge in [-0.1, -0.05) is 48.1 Å². The molecule has 0 saturated heterocycles. The fourth-order valence-corrected chi connectivity index (χ4v) is 2.67. The van der Waals surface area contributed by atoms with Gasteiger partial charge < -0.3 is 10.4 Å². The van der Waals surface area contributed by atoms with Crippen molar-refractivity contribution in [1.82, 2.24) is 10.2 Å². The van der Waals surface area contributed by atoms with Crippen LogP contribution < -0.4 is 5.32 Å². The van der Waals surface area contributed by atoms with Crippen molar-refractivity contribution in [3.05, 3.63) is 40.4 Å². The van der Waals surface area contributed by atoms with Crippen LogP contribution in [0.1, 0.15) is 35.6 Å². The number of nitrogens with one attached hydrogen (secondary N) is 1. The Hall–Kier alpha value is -1.46. The number of aryl methyl sites for hydroxylation is 2. The summed E-state index contributed by atoms with van der Waals surface area (Å²) in [6, 6.07) is 7.90. The van der Waals surface area contributed by atoms with Crippen molar-refractivity contribution < 1.29 is 5.11 Å². The molecule has 0 radical (unpaired) electrons. The number of hydrogen-bond acceptors (Lipinski definition) is 5. The van der Waals surface area contributed by atoms with Gasteiger partial charge in [0.25, 0.3) is 0 Å². The first kappa shape index (κ1) is 14.0. The lowest BCUT2D eigenvalue weighted by Gasteiger charge is -2.11. The molecule has 0 bridgehead atoms. The van der Waals surface area contributed by atoms with E-state index in [0.29, 0.717) is 6.54 Å². The number of benzene rings is 1. The van der Waals surface area contributed by atoms with Gasteiger partial charge in [0.15, 0.2) is 0 Å². The zero-order chi connectivity index (χ0) is 13.7. The highest BCUT2D eigenvalue weighted by Crippen LogP contribution is 2.19. The fourth-order valence-electron chi connectivity index (χ4n) is 1.82. The van der Waals surface area contributed by atoms with Crippen molar-refractivity contribution in [2.24, 2.45) is 0 Å². The first-order chi connectivity index (χ1) is 9.19. The van der Waals surface area contributed by atoms with Crippen LogP contribution in [-0.4, -0.2) is 21.8 Å². The van der Waals surface area contributed by atoms with E-state index in [0.717, 1.165) is 34.1 Å². The van der Waals surface area contributed by atoms with Crippen LogP contribution >= 0.6 is 11.3 Å². The number of rotatable bonds is 6. The summed E-state index contributed by atoms with van der Waals surface area (Å²) in [6.45, 7) is 4.59. The minimum atomic E-state index is -0.529. The minimum absolute atomic E-state index is 0.449. The van der Waals surface area contributed by atoms with Gasteiger partial charge in [-0.25, -0.2) is 0 Å². The highest BCUT2D eigenvalue weighted by atomic mass is 32.1. The molecule has 1 aromatic heterocycles. The van der Waals surface area contributed by atoms with Gasteiger partial charge in [-0.3, -0.25) is 0 Å². The number of aromatic nitrogens is 2. The first-order valence-corrected chi connectivity index (χ1v) is 7.31. The lowest BCUT2D eigenvalue weighted by Crippen LogP contribution is -2.12. The third-order valence-corrected chi connectivity index (χ3v) is 3.74. The molecule has 1 atom stereocenters. The SMILES string of the molecule is CCCc1nnc(NCC(O)c2cccc(C)c2)s1. The molecule has 1 aromatic carbocycles. The Kier molecular flexibility index (Phi) is 4.87. The van der Waals surface area contributed by atoms with Gasteiger partial charge in [-0.2, -0.15) is 0 Å². The van der Waals surface area contributed by atoms with E-state index in [2.05, 4.69) is 22.4 Å². The van der Waals surface area contributed by atoms with E-state index in [4.69, 9.17) is 0 Å². The van der Waals surface area contributed by atoms with E-state index >= 15 is 0 Å². The Morgan fingerprint density at radius 1 is 1.37 bits per heavy atom. The Balaban J connectivity index is 1.90. The van der Waals surface area contributed by atoms with Crippen LogP contribution in [0.2, 0.25) is 0 Å². The number of aliphatic hydroxyl groups is 1. The Morgan fingerprint density at radius 2 is 2.21 bits per heavy atom. The van der Waals surface area contributed by atoms with Crippen molar-refractivity contribution in [3.8, 4) is 0 Å². The van der Waals surface area contributed by atoms with E-state index in [9.17, 15) is 5.11 Å². The molecule has 0 aliphatic carbocycles. The van der Waals surface area contributed by atoms with Crippen LogP contribution in [-0.2, 0) is 6.42 Å². The lowest BCUT2D eigenvalue weighted by molar-refractivity contribution is 0.191. The van der Waals surface area contributed by atoms with Gasteiger partial charge >= 0.3 is 0 Å². The molecule has 2 rings (SSSR count). The van der Waals surface area contributed by atoms with Gasteiger partial charge in [0.05, 0.1) is 6.10 Å². The molecule has 0 aliphatic rings. The number of anilines is 1. The van der Waals surface area contributed by atoms with Crippen molar-refractivity contribution in [3.63, 3.8) is 0 Å². The summed E-state index contributed by atoms with van der Waals surface area (Å²) in [7, 11) is 0. The Bertz CT molecular complexity index is 527. The zero-order valence-corrected chi connectivity index (χ0v) is 12.1. The third-order valence-electron chi connectivity index (χ3n) is 2.80. The molecule has 1 unspecified atom stereocenters. The molecule has 4 nitrogen and oxygen atoms in total. The molecular weight excluding hydrogens is 258 g/mol. The van der Waals surface area contributed by atoms with Crippen LogP contribution in [0.5, 0.6) is 0 Å². The number of hydrogen-bond donors (Lipinski definition) is 2. The summed E-state index contributed by atoms with van der Waals surface area (Å²) < 4.78 is 0. The maximum absolute atomic E-state index is 10.1. The lowest BCUT2D eigenvalue weighted by atomic mass is 10.1. The second-order valence-electron chi connectivity index (χ2n) is 4.56. The van der Waals surface area contributed by atoms with Crippen LogP contribution in [0, 0.1) is 6.92 Å². The van der Waals surface area contributed by atoms with Crippen LogP contribution in [0.25, 0.3) is 0 Å². The highest BCUT2D eigenvalue weighted by molar-refractivity contribution is 7.15. The largest absolute Gasteiger partial charge is 0.387 e. The van der Waals surface area contributed by atoms with Crippen molar-refractivity contribution in [2.75, 3.05) is 11.9 Å². The second-order valence-corrected chi connectivity index (χ2v) is 5.62. The van der Waals surface area contributed by atoms with Gasteiger partial charge in [-0.05, 0) is 18.9 Å². The molecule has 19 heavy (non-hydrogen) atoms. The average Bonchev–Trinajstić information content (AvgIpc) is 2.84. The maximum Gasteiger partial charge on any atom is 0.205 e. The summed E-state index contributed by atoms with van der Waals surface area (Å²) in [4.78, 5) is 0. The van der Waals surface area contributed by atoms with Gasteiger partial charge in [0.2, 0.25) is 5.13 Å². The third kappa shape index (κ3) is 4.01. The zero-order valence-electron chi connectivity index (χ0n) is 11.3. The Labute approximate surface area is 117 Å². The summed E-state index contributed by atoms with van der Waals surface area (Å²) in [6.07, 6.45) is 1.50. The fraction of sp³-hybridized carbons (Fsp3) is 0.429. The molecule has 5 heteroatoms. The monoisotopic (exact) mass is 277 g/mol. The molecule has 0 aliphatic heterocycles. The molecule has 0 spiro atoms. The van der Waals surface area contributed by atoms with E-state index < -0.39 is 6.10 Å². The predicted octanol–water partition coefficient (Wildman–Crippen LogP) is 2.94. The van der Waals surface area contributed by atoms with Crippen molar-refractivity contribution >= 4 is 16.5 Å². The van der Waals surface area contributed by atoms with E-state index in [1.165, 1.54) is 0 Å². The summed E-state index contributed by atoms with van der Waals surface area (Å²) in [5.41, 5.74) is 2.07. The quantitative estimate of drug-likeness (QED) is 0.852. The number of aliphatic hydroxyl groups excluding tert-OH is 1. The maximum atomic E-state index is 10.1. The summed E-state index contributed by atoms with van der Waals surface area (Å²) in [5, 5.41) is 23.2. The van der Waals surface area contributed by atoms with Crippen molar-refractivity contribution in [1.29, 1.82) is 0 Å². The highest BCUT2D eigenvalue weighted by Gasteiger charge is 2.09. The predicted molar refractivity (Wildman–Crippen MR) is 78.5 cm³/mol. The average molecular weight is 277 g/mol. The van der Waals surface area contributed by atoms with E-state index in [-0.39, 0.29) is 0 Å². The molecule has 0 fully saturated rings. The van der Waals surface area contributed by atoms with Crippen LogP contribution in [0.4, 0.5) is 5.13 Å².